The fraction of sp³-hybridized carbons (Fsp3) is 0.846. The highest BCUT2D eigenvalue weighted by atomic mass is 16.5. The summed E-state index contributed by atoms with van der Waals surface area (Å²) >= 11 is 0. The highest BCUT2D eigenvalue weighted by molar-refractivity contribution is 5.13. The number of likely N-dealkylation sites (N-methyl/N-ethyl adjacent to an activating group) is 1. The van der Waals surface area contributed by atoms with Gasteiger partial charge in [-0.05, 0) is 45.2 Å². The maximum atomic E-state index is 5.93. The van der Waals surface area contributed by atoms with Gasteiger partial charge in [-0.3, -0.25) is 0 Å². The fourth-order valence-electron chi connectivity index (χ4n) is 2.63. The van der Waals surface area contributed by atoms with Crippen molar-refractivity contribution in [3.05, 3.63) is 11.8 Å². The Hall–Kier alpha value is -0.540. The zero-order valence-electron chi connectivity index (χ0n) is 10.4. The Morgan fingerprint density at radius 3 is 2.88 bits per heavy atom. The van der Waals surface area contributed by atoms with Crippen LogP contribution in [0.25, 0.3) is 0 Å². The summed E-state index contributed by atoms with van der Waals surface area (Å²) in [4.78, 5) is 0. The Bertz CT molecular complexity index is 257. The van der Waals surface area contributed by atoms with Gasteiger partial charge in [0.25, 0.3) is 0 Å². The molecule has 2 rings (SSSR count). The minimum absolute atomic E-state index is 0.0841. The van der Waals surface area contributed by atoms with E-state index in [0.717, 1.165) is 51.2 Å². The van der Waals surface area contributed by atoms with E-state index in [0.29, 0.717) is 0 Å². The van der Waals surface area contributed by atoms with Crippen molar-refractivity contribution >= 4 is 0 Å². The van der Waals surface area contributed by atoms with Gasteiger partial charge in [-0.1, -0.05) is 6.92 Å². The lowest BCUT2D eigenvalue weighted by molar-refractivity contribution is -0.0190. The first kappa shape index (κ1) is 11.9. The summed E-state index contributed by atoms with van der Waals surface area (Å²) in [6.07, 6.45) is 6.77. The molecule has 1 saturated heterocycles. The molecule has 16 heavy (non-hydrogen) atoms. The maximum Gasteiger partial charge on any atom is 0.112 e. The summed E-state index contributed by atoms with van der Waals surface area (Å²) in [6.45, 7) is 7.01. The Balaban J connectivity index is 2.12. The quantitative estimate of drug-likeness (QED) is 0.796. The molecule has 2 atom stereocenters. The van der Waals surface area contributed by atoms with E-state index in [1.54, 1.807) is 0 Å². The maximum absolute atomic E-state index is 5.93. The van der Waals surface area contributed by atoms with Gasteiger partial charge in [0.05, 0.1) is 18.2 Å². The van der Waals surface area contributed by atoms with Crippen LogP contribution in [0.2, 0.25) is 0 Å². The summed E-state index contributed by atoms with van der Waals surface area (Å²) in [6, 6.07) is 0.222. The predicted octanol–water partition coefficient (Wildman–Crippen LogP) is 2.23. The van der Waals surface area contributed by atoms with Crippen LogP contribution in [-0.2, 0) is 9.47 Å². The van der Waals surface area contributed by atoms with Crippen molar-refractivity contribution in [1.82, 2.24) is 5.32 Å². The summed E-state index contributed by atoms with van der Waals surface area (Å²) in [7, 11) is 0. The highest BCUT2D eigenvalue weighted by Crippen LogP contribution is 2.33. The molecule has 2 aliphatic rings. The van der Waals surface area contributed by atoms with Gasteiger partial charge in [0.1, 0.15) is 5.76 Å². The van der Waals surface area contributed by atoms with Gasteiger partial charge < -0.3 is 14.8 Å². The Morgan fingerprint density at radius 2 is 2.31 bits per heavy atom. The van der Waals surface area contributed by atoms with Crippen molar-refractivity contribution in [2.45, 2.75) is 51.2 Å². The third-order valence-electron chi connectivity index (χ3n) is 3.52. The van der Waals surface area contributed by atoms with Crippen LogP contribution in [-0.4, -0.2) is 31.4 Å². The number of hydrogen-bond donors (Lipinski definition) is 1. The molecule has 1 fully saturated rings. The van der Waals surface area contributed by atoms with E-state index >= 15 is 0 Å². The third-order valence-corrected chi connectivity index (χ3v) is 3.52. The number of rotatable bonds is 4. The molecule has 0 bridgehead atoms. The monoisotopic (exact) mass is 225 g/mol. The molecular formula is C13H23NO2. The van der Waals surface area contributed by atoms with E-state index in [4.69, 9.17) is 9.47 Å². The van der Waals surface area contributed by atoms with Gasteiger partial charge in [-0.15, -0.1) is 0 Å². The zero-order valence-corrected chi connectivity index (χ0v) is 10.4. The number of allylic oxidation sites excluding steroid dienone is 1. The molecule has 0 amide bonds. The first-order valence-electron chi connectivity index (χ1n) is 6.46. The minimum Gasteiger partial charge on any atom is -0.496 e. The van der Waals surface area contributed by atoms with Gasteiger partial charge >= 0.3 is 0 Å². The molecule has 0 aromatic carbocycles. The van der Waals surface area contributed by atoms with Gasteiger partial charge in [-0.25, -0.2) is 0 Å². The summed E-state index contributed by atoms with van der Waals surface area (Å²) < 4.78 is 11.7. The third kappa shape index (κ3) is 2.41. The lowest BCUT2D eigenvalue weighted by atomic mass is 9.90. The van der Waals surface area contributed by atoms with Crippen molar-refractivity contribution < 1.29 is 9.47 Å². The van der Waals surface area contributed by atoms with E-state index in [1.807, 2.05) is 0 Å². The Labute approximate surface area is 98.2 Å². The van der Waals surface area contributed by atoms with E-state index in [1.165, 1.54) is 0 Å². The molecule has 0 saturated carbocycles. The van der Waals surface area contributed by atoms with Crippen molar-refractivity contribution in [3.8, 4) is 0 Å². The largest absolute Gasteiger partial charge is 0.496 e. The molecule has 1 N–H and O–H groups in total. The van der Waals surface area contributed by atoms with E-state index < -0.39 is 0 Å². The molecule has 3 nitrogen and oxygen atoms in total. The molecule has 0 aliphatic carbocycles. The molecule has 0 spiro atoms. The van der Waals surface area contributed by atoms with Crippen molar-refractivity contribution in [2.75, 3.05) is 19.8 Å². The number of hydrogen-bond acceptors (Lipinski definition) is 3. The lowest BCUT2D eigenvalue weighted by Gasteiger charge is -2.36. The van der Waals surface area contributed by atoms with E-state index in [2.05, 4.69) is 25.2 Å². The average molecular weight is 225 g/mol. The second kappa shape index (κ2) is 5.19. The van der Waals surface area contributed by atoms with Gasteiger partial charge in [0.2, 0.25) is 0 Å². The topological polar surface area (TPSA) is 30.5 Å². The molecular weight excluding hydrogens is 202 g/mol. The number of nitrogens with one attached hydrogen (secondary N) is 1. The molecule has 3 heteroatoms. The molecule has 0 radical (unpaired) electrons. The first-order chi connectivity index (χ1) is 7.76. The molecule has 2 aliphatic heterocycles. The molecule has 0 aromatic heterocycles. The highest BCUT2D eigenvalue weighted by Gasteiger charge is 2.41. The van der Waals surface area contributed by atoms with Crippen molar-refractivity contribution in [1.29, 1.82) is 0 Å². The van der Waals surface area contributed by atoms with Gasteiger partial charge in [0, 0.05) is 6.61 Å². The van der Waals surface area contributed by atoms with E-state index in [-0.39, 0.29) is 11.6 Å². The Kier molecular flexibility index (Phi) is 3.87. The van der Waals surface area contributed by atoms with Crippen LogP contribution in [0.4, 0.5) is 0 Å². The zero-order chi connectivity index (χ0) is 11.4. The number of ether oxygens (including phenoxy) is 2. The van der Waals surface area contributed by atoms with Crippen LogP contribution in [0.15, 0.2) is 11.8 Å². The van der Waals surface area contributed by atoms with Gasteiger partial charge in [0.15, 0.2) is 0 Å². The molecule has 0 aromatic rings. The Morgan fingerprint density at radius 1 is 1.44 bits per heavy atom. The minimum atomic E-state index is -0.0841. The smallest absolute Gasteiger partial charge is 0.112 e. The molecule has 2 unspecified atom stereocenters. The first-order valence-corrected chi connectivity index (χ1v) is 6.46. The summed E-state index contributed by atoms with van der Waals surface area (Å²) in [5.74, 6) is 1.09. The SMILES string of the molecule is CCNC(C1=CCCCO1)C1(C)CCCO1. The van der Waals surface area contributed by atoms with Crippen LogP contribution >= 0.6 is 0 Å². The standard InChI is InChI=1S/C13H23NO2/c1-3-14-12(11-7-4-5-9-15-11)13(2)8-6-10-16-13/h7,12,14H,3-6,8-10H2,1-2H3. The fourth-order valence-corrected chi connectivity index (χ4v) is 2.63. The molecule has 92 valence electrons. The van der Waals surface area contributed by atoms with Crippen LogP contribution in [0.3, 0.4) is 0 Å². The van der Waals surface area contributed by atoms with Crippen LogP contribution in [0, 0.1) is 0 Å². The lowest BCUT2D eigenvalue weighted by Crippen LogP contribution is -2.50. The average Bonchev–Trinajstić information content (AvgIpc) is 2.75. The summed E-state index contributed by atoms with van der Waals surface area (Å²) in [5, 5.41) is 3.52. The van der Waals surface area contributed by atoms with Crippen molar-refractivity contribution in [2.24, 2.45) is 0 Å². The second-order valence-corrected chi connectivity index (χ2v) is 4.85. The van der Waals surface area contributed by atoms with Crippen LogP contribution < -0.4 is 5.32 Å². The summed E-state index contributed by atoms with van der Waals surface area (Å²) in [5.41, 5.74) is -0.0841. The van der Waals surface area contributed by atoms with Crippen molar-refractivity contribution in [3.63, 3.8) is 0 Å². The van der Waals surface area contributed by atoms with Gasteiger partial charge in [-0.2, -0.15) is 0 Å². The normalized spacial score (nSPS) is 32.0. The molecule has 2 heterocycles. The van der Waals surface area contributed by atoms with Crippen LogP contribution in [0.5, 0.6) is 0 Å². The van der Waals surface area contributed by atoms with Crippen LogP contribution in [0.1, 0.15) is 39.5 Å². The predicted molar refractivity (Wildman–Crippen MR) is 64.3 cm³/mol. The second-order valence-electron chi connectivity index (χ2n) is 4.85. The van der Waals surface area contributed by atoms with E-state index in [9.17, 15) is 0 Å².